The van der Waals surface area contributed by atoms with Gasteiger partial charge >= 0.3 is 0 Å². The molecule has 2 aromatic carbocycles. The van der Waals surface area contributed by atoms with Gasteiger partial charge in [-0.3, -0.25) is 0 Å². The summed E-state index contributed by atoms with van der Waals surface area (Å²) >= 11 is 1.69. The highest BCUT2D eigenvalue weighted by molar-refractivity contribution is 8.00. The molecule has 0 aliphatic carbocycles. The van der Waals surface area contributed by atoms with Gasteiger partial charge in [0.05, 0.1) is 0 Å². The highest BCUT2D eigenvalue weighted by Gasteiger charge is 2.22. The monoisotopic (exact) mass is 295 g/mol. The van der Waals surface area contributed by atoms with Gasteiger partial charge in [0, 0.05) is 28.8 Å². The molecule has 0 saturated carbocycles. The first-order chi connectivity index (χ1) is 9.63. The third-order valence-corrected chi connectivity index (χ3v) is 4.55. The highest BCUT2D eigenvalue weighted by atomic mass is 32.2. The molecule has 1 aliphatic heterocycles. The van der Waals surface area contributed by atoms with E-state index in [2.05, 4.69) is 11.4 Å². The van der Waals surface area contributed by atoms with E-state index in [1.807, 2.05) is 18.2 Å². The molecule has 5 heteroatoms. The zero-order valence-corrected chi connectivity index (χ0v) is 11.3. The number of anilines is 1. The van der Waals surface area contributed by atoms with E-state index in [9.17, 15) is 13.2 Å². The maximum absolute atomic E-state index is 13.5. The third-order valence-electron chi connectivity index (χ3n) is 3.23. The molecule has 0 amide bonds. The van der Waals surface area contributed by atoms with E-state index >= 15 is 0 Å². The Morgan fingerprint density at radius 1 is 1.10 bits per heavy atom. The van der Waals surface area contributed by atoms with Crippen LogP contribution in [0.25, 0.3) is 0 Å². The normalized spacial score (nSPS) is 17.1. The van der Waals surface area contributed by atoms with Crippen molar-refractivity contribution >= 4 is 17.4 Å². The SMILES string of the molecule is Fc1cc(F)c(NCC2Cc3ccccc3S2)c(F)c1. The van der Waals surface area contributed by atoms with Gasteiger partial charge in [0.1, 0.15) is 11.5 Å². The van der Waals surface area contributed by atoms with Gasteiger partial charge in [-0.1, -0.05) is 18.2 Å². The van der Waals surface area contributed by atoms with Crippen LogP contribution in [0.3, 0.4) is 0 Å². The van der Waals surface area contributed by atoms with E-state index in [-0.39, 0.29) is 10.9 Å². The second-order valence-corrected chi connectivity index (χ2v) is 6.02. The fraction of sp³-hybridized carbons (Fsp3) is 0.200. The van der Waals surface area contributed by atoms with Crippen molar-refractivity contribution in [1.82, 2.24) is 0 Å². The van der Waals surface area contributed by atoms with Gasteiger partial charge < -0.3 is 5.32 Å². The molecule has 0 bridgehead atoms. The molecule has 2 aromatic rings. The summed E-state index contributed by atoms with van der Waals surface area (Å²) in [6.45, 7) is 0.429. The molecule has 0 saturated heterocycles. The van der Waals surface area contributed by atoms with Crippen molar-refractivity contribution in [1.29, 1.82) is 0 Å². The van der Waals surface area contributed by atoms with Crippen LogP contribution in [0.4, 0.5) is 18.9 Å². The van der Waals surface area contributed by atoms with Crippen LogP contribution in [0.2, 0.25) is 0 Å². The number of hydrogen-bond donors (Lipinski definition) is 1. The largest absolute Gasteiger partial charge is 0.379 e. The van der Waals surface area contributed by atoms with Gasteiger partial charge in [-0.2, -0.15) is 0 Å². The zero-order valence-electron chi connectivity index (χ0n) is 10.5. The zero-order chi connectivity index (χ0) is 14.1. The maximum atomic E-state index is 13.5. The lowest BCUT2D eigenvalue weighted by molar-refractivity contribution is 0.547. The summed E-state index contributed by atoms with van der Waals surface area (Å²) < 4.78 is 39.8. The number of thioether (sulfide) groups is 1. The average Bonchev–Trinajstić information content (AvgIpc) is 2.80. The molecule has 1 atom stereocenters. The van der Waals surface area contributed by atoms with Gasteiger partial charge in [0.15, 0.2) is 11.6 Å². The molecule has 0 fully saturated rings. The summed E-state index contributed by atoms with van der Waals surface area (Å²) in [5.41, 5.74) is 0.993. The summed E-state index contributed by atoms with van der Waals surface area (Å²) in [4.78, 5) is 1.21. The van der Waals surface area contributed by atoms with Crippen molar-refractivity contribution < 1.29 is 13.2 Å². The number of benzene rings is 2. The third kappa shape index (κ3) is 2.63. The van der Waals surface area contributed by atoms with E-state index in [1.165, 1.54) is 10.5 Å². The molecule has 20 heavy (non-hydrogen) atoms. The Morgan fingerprint density at radius 3 is 2.50 bits per heavy atom. The Labute approximate surface area is 119 Å². The molecule has 0 spiro atoms. The number of rotatable bonds is 3. The van der Waals surface area contributed by atoms with Crippen molar-refractivity contribution in [3.05, 3.63) is 59.4 Å². The minimum Gasteiger partial charge on any atom is -0.379 e. The Balaban J connectivity index is 1.67. The van der Waals surface area contributed by atoms with E-state index < -0.39 is 17.5 Å². The average molecular weight is 295 g/mol. The van der Waals surface area contributed by atoms with Crippen molar-refractivity contribution in [2.24, 2.45) is 0 Å². The number of hydrogen-bond acceptors (Lipinski definition) is 2. The molecule has 1 N–H and O–H groups in total. The van der Waals surface area contributed by atoms with Crippen LogP contribution in [0.1, 0.15) is 5.56 Å². The predicted octanol–water partition coefficient (Wildman–Crippen LogP) is 4.23. The second kappa shape index (κ2) is 5.40. The van der Waals surface area contributed by atoms with Gasteiger partial charge in [-0.15, -0.1) is 11.8 Å². The predicted molar refractivity (Wildman–Crippen MR) is 74.6 cm³/mol. The van der Waals surface area contributed by atoms with Crippen LogP contribution in [0.15, 0.2) is 41.3 Å². The first-order valence-corrected chi connectivity index (χ1v) is 7.14. The van der Waals surface area contributed by atoms with Crippen molar-refractivity contribution in [2.45, 2.75) is 16.6 Å². The number of fused-ring (bicyclic) bond motifs is 1. The number of nitrogens with one attached hydrogen (secondary N) is 1. The van der Waals surface area contributed by atoms with Crippen LogP contribution in [0.5, 0.6) is 0 Å². The van der Waals surface area contributed by atoms with Crippen LogP contribution in [-0.2, 0) is 6.42 Å². The summed E-state index contributed by atoms with van der Waals surface area (Å²) in [6, 6.07) is 9.42. The van der Waals surface area contributed by atoms with Gasteiger partial charge in [-0.25, -0.2) is 13.2 Å². The fourth-order valence-electron chi connectivity index (χ4n) is 2.29. The molecule has 1 nitrogen and oxygen atoms in total. The minimum absolute atomic E-state index is 0.219. The molecule has 1 heterocycles. The lowest BCUT2D eigenvalue weighted by Gasteiger charge is -2.12. The summed E-state index contributed by atoms with van der Waals surface area (Å²) in [6.07, 6.45) is 0.859. The topological polar surface area (TPSA) is 12.0 Å². The van der Waals surface area contributed by atoms with Crippen molar-refractivity contribution in [2.75, 3.05) is 11.9 Å². The van der Waals surface area contributed by atoms with E-state index in [0.717, 1.165) is 6.42 Å². The Morgan fingerprint density at radius 2 is 1.80 bits per heavy atom. The molecular formula is C15H12F3NS. The van der Waals surface area contributed by atoms with E-state index in [1.54, 1.807) is 11.8 Å². The Hall–Kier alpha value is -1.62. The van der Waals surface area contributed by atoms with Crippen LogP contribution < -0.4 is 5.32 Å². The lowest BCUT2D eigenvalue weighted by atomic mass is 10.1. The Kier molecular flexibility index (Phi) is 3.61. The molecular weight excluding hydrogens is 283 g/mol. The van der Waals surface area contributed by atoms with Crippen LogP contribution in [0, 0.1) is 17.5 Å². The first-order valence-electron chi connectivity index (χ1n) is 6.26. The van der Waals surface area contributed by atoms with Gasteiger partial charge in [-0.05, 0) is 18.1 Å². The summed E-state index contributed by atoms with van der Waals surface area (Å²) in [7, 11) is 0. The van der Waals surface area contributed by atoms with E-state index in [0.29, 0.717) is 18.7 Å². The lowest BCUT2D eigenvalue weighted by Crippen LogP contribution is -2.17. The van der Waals surface area contributed by atoms with Gasteiger partial charge in [0.2, 0.25) is 0 Å². The highest BCUT2D eigenvalue weighted by Crippen LogP contribution is 2.36. The summed E-state index contributed by atoms with van der Waals surface area (Å²) in [5.74, 6) is -2.71. The molecule has 0 aromatic heterocycles. The quantitative estimate of drug-likeness (QED) is 0.909. The van der Waals surface area contributed by atoms with Crippen LogP contribution >= 0.6 is 11.8 Å². The molecule has 3 rings (SSSR count). The molecule has 1 unspecified atom stereocenters. The fourth-order valence-corrected chi connectivity index (χ4v) is 3.54. The number of halogens is 3. The standard InChI is InChI=1S/C15H12F3NS/c16-10-6-12(17)15(13(18)7-10)19-8-11-5-9-3-1-2-4-14(9)20-11/h1-4,6-7,11,19H,5,8H2. The second-order valence-electron chi connectivity index (χ2n) is 4.68. The van der Waals surface area contributed by atoms with Crippen molar-refractivity contribution in [3.63, 3.8) is 0 Å². The maximum Gasteiger partial charge on any atom is 0.152 e. The Bertz CT molecular complexity index is 597. The summed E-state index contributed by atoms with van der Waals surface area (Å²) in [5, 5.41) is 2.97. The van der Waals surface area contributed by atoms with Gasteiger partial charge in [0.25, 0.3) is 0 Å². The van der Waals surface area contributed by atoms with Crippen LogP contribution in [-0.4, -0.2) is 11.8 Å². The molecule has 0 radical (unpaired) electrons. The van der Waals surface area contributed by atoms with Crippen molar-refractivity contribution in [3.8, 4) is 0 Å². The molecule has 104 valence electrons. The first kappa shape index (κ1) is 13.4. The molecule has 1 aliphatic rings. The minimum atomic E-state index is -0.909. The van der Waals surface area contributed by atoms with E-state index in [4.69, 9.17) is 0 Å². The smallest absolute Gasteiger partial charge is 0.152 e.